The van der Waals surface area contributed by atoms with Crippen LogP contribution in [0.4, 0.5) is 0 Å². The summed E-state index contributed by atoms with van der Waals surface area (Å²) in [5.41, 5.74) is 0. The molecule has 1 saturated heterocycles. The van der Waals surface area contributed by atoms with Gasteiger partial charge in [0.05, 0.1) is 6.04 Å². The van der Waals surface area contributed by atoms with Crippen LogP contribution >= 0.6 is 0 Å². The average Bonchev–Trinajstić information content (AvgIpc) is 2.76. The molecule has 1 aliphatic heterocycles. The van der Waals surface area contributed by atoms with Gasteiger partial charge in [0.15, 0.2) is 0 Å². The van der Waals surface area contributed by atoms with Crippen LogP contribution in [0.3, 0.4) is 0 Å². The number of aryl methyl sites for hydroxylation is 1. The molecular weight excluding hydrogens is 242 g/mol. The maximum atomic E-state index is 12.3. The molecule has 1 aromatic rings. The minimum Gasteiger partial charge on any atom is -0.341 e. The van der Waals surface area contributed by atoms with Crippen molar-refractivity contribution in [3.05, 3.63) is 12.2 Å². The Kier molecular flexibility index (Phi) is 4.52. The van der Waals surface area contributed by atoms with Crippen molar-refractivity contribution in [2.45, 2.75) is 45.2 Å². The maximum absolute atomic E-state index is 12.3. The molecule has 1 fully saturated rings. The Morgan fingerprint density at radius 3 is 2.95 bits per heavy atom. The highest BCUT2D eigenvalue weighted by atomic mass is 16.2. The van der Waals surface area contributed by atoms with Crippen LogP contribution in [0.15, 0.2) is 6.33 Å². The quantitative estimate of drug-likeness (QED) is 0.834. The number of hydrogen-bond donors (Lipinski definition) is 1. The van der Waals surface area contributed by atoms with Gasteiger partial charge in [0.1, 0.15) is 12.2 Å². The summed E-state index contributed by atoms with van der Waals surface area (Å²) in [7, 11) is 1.93. The van der Waals surface area contributed by atoms with Crippen LogP contribution in [0.25, 0.3) is 0 Å². The lowest BCUT2D eigenvalue weighted by Crippen LogP contribution is -2.52. The molecule has 0 bridgehead atoms. The normalized spacial score (nSPS) is 20.3. The van der Waals surface area contributed by atoms with E-state index >= 15 is 0 Å². The zero-order valence-electron chi connectivity index (χ0n) is 12.0. The molecule has 6 nitrogen and oxygen atoms in total. The highest BCUT2D eigenvalue weighted by Crippen LogP contribution is 2.13. The molecule has 1 N–H and O–H groups in total. The summed E-state index contributed by atoms with van der Waals surface area (Å²) in [6, 6.07) is 0.320. The second-order valence-corrected chi connectivity index (χ2v) is 5.45. The molecule has 1 atom stereocenters. The van der Waals surface area contributed by atoms with E-state index in [4.69, 9.17) is 0 Å². The van der Waals surface area contributed by atoms with E-state index in [1.807, 2.05) is 16.5 Å². The van der Waals surface area contributed by atoms with E-state index in [1.54, 1.807) is 6.33 Å². The molecule has 1 aromatic heterocycles. The van der Waals surface area contributed by atoms with Gasteiger partial charge in [-0.1, -0.05) is 13.8 Å². The van der Waals surface area contributed by atoms with Gasteiger partial charge in [-0.05, 0) is 12.8 Å². The third kappa shape index (κ3) is 3.53. The van der Waals surface area contributed by atoms with Crippen LogP contribution < -0.4 is 5.32 Å². The summed E-state index contributed by atoms with van der Waals surface area (Å²) in [4.78, 5) is 14.3. The number of rotatable bonds is 5. The van der Waals surface area contributed by atoms with Crippen LogP contribution in [0.5, 0.6) is 0 Å². The summed E-state index contributed by atoms with van der Waals surface area (Å²) in [6.45, 7) is 5.73. The van der Waals surface area contributed by atoms with Gasteiger partial charge in [-0.15, -0.1) is 10.2 Å². The van der Waals surface area contributed by atoms with E-state index in [1.165, 1.54) is 0 Å². The number of carbonyl (C=O) groups excluding carboxylic acids is 1. The van der Waals surface area contributed by atoms with E-state index < -0.39 is 0 Å². The number of hydrogen-bond acceptors (Lipinski definition) is 4. The molecule has 106 valence electrons. The molecule has 2 heterocycles. The molecule has 0 radical (unpaired) electrons. The van der Waals surface area contributed by atoms with Crippen LogP contribution in [0.1, 0.15) is 32.5 Å². The van der Waals surface area contributed by atoms with Gasteiger partial charge in [0.25, 0.3) is 0 Å². The third-order valence-corrected chi connectivity index (χ3v) is 3.48. The van der Waals surface area contributed by atoms with Crippen molar-refractivity contribution in [2.75, 3.05) is 13.1 Å². The number of carbonyl (C=O) groups is 1. The van der Waals surface area contributed by atoms with E-state index in [2.05, 4.69) is 29.4 Å². The average molecular weight is 265 g/mol. The van der Waals surface area contributed by atoms with E-state index in [0.717, 1.165) is 38.2 Å². The number of amides is 1. The monoisotopic (exact) mass is 265 g/mol. The summed E-state index contributed by atoms with van der Waals surface area (Å²) >= 11 is 0. The standard InChI is InChI=1S/C13H23N5O/c1-10(2)15-11-5-4-7-18(13(11)19)8-6-12-16-14-9-17(12)3/h9-11,15H,4-8H2,1-3H3. The first-order valence-electron chi connectivity index (χ1n) is 6.95. The van der Waals surface area contributed by atoms with Gasteiger partial charge in [-0.3, -0.25) is 4.79 Å². The molecule has 0 spiro atoms. The molecule has 0 aromatic carbocycles. The molecule has 0 saturated carbocycles. The third-order valence-electron chi connectivity index (χ3n) is 3.48. The van der Waals surface area contributed by atoms with E-state index in [-0.39, 0.29) is 11.9 Å². The Morgan fingerprint density at radius 1 is 1.53 bits per heavy atom. The van der Waals surface area contributed by atoms with Gasteiger partial charge in [-0.25, -0.2) is 0 Å². The second-order valence-electron chi connectivity index (χ2n) is 5.45. The minimum atomic E-state index is -0.0201. The zero-order chi connectivity index (χ0) is 13.8. The van der Waals surface area contributed by atoms with Crippen LogP contribution in [0, 0.1) is 0 Å². The van der Waals surface area contributed by atoms with Crippen LogP contribution in [-0.2, 0) is 18.3 Å². The topological polar surface area (TPSA) is 63.0 Å². The van der Waals surface area contributed by atoms with E-state index in [0.29, 0.717) is 6.04 Å². The maximum Gasteiger partial charge on any atom is 0.239 e. The van der Waals surface area contributed by atoms with Crippen molar-refractivity contribution in [2.24, 2.45) is 7.05 Å². The van der Waals surface area contributed by atoms with Crippen molar-refractivity contribution in [1.82, 2.24) is 25.0 Å². The fourth-order valence-corrected chi connectivity index (χ4v) is 2.49. The molecule has 1 amide bonds. The van der Waals surface area contributed by atoms with Crippen LogP contribution in [0.2, 0.25) is 0 Å². The number of nitrogens with zero attached hydrogens (tertiary/aromatic N) is 4. The Hall–Kier alpha value is -1.43. The number of aromatic nitrogens is 3. The molecule has 2 rings (SSSR count). The molecule has 1 aliphatic rings. The van der Waals surface area contributed by atoms with Gasteiger partial charge in [-0.2, -0.15) is 0 Å². The largest absolute Gasteiger partial charge is 0.341 e. The smallest absolute Gasteiger partial charge is 0.239 e. The first-order chi connectivity index (χ1) is 9.08. The predicted octanol–water partition coefficient (Wildman–Crippen LogP) is 0.347. The Bertz CT molecular complexity index is 428. The number of nitrogens with one attached hydrogen (secondary N) is 1. The lowest BCUT2D eigenvalue weighted by Gasteiger charge is -2.33. The van der Waals surface area contributed by atoms with Gasteiger partial charge < -0.3 is 14.8 Å². The molecular formula is C13H23N5O. The Morgan fingerprint density at radius 2 is 2.32 bits per heavy atom. The second kappa shape index (κ2) is 6.14. The highest BCUT2D eigenvalue weighted by molar-refractivity contribution is 5.82. The SMILES string of the molecule is CC(C)NC1CCCN(CCc2nncn2C)C1=O. The zero-order valence-corrected chi connectivity index (χ0v) is 12.0. The fraction of sp³-hybridized carbons (Fsp3) is 0.769. The Balaban J connectivity index is 1.89. The molecule has 19 heavy (non-hydrogen) atoms. The first kappa shape index (κ1) is 14.0. The molecule has 0 aliphatic carbocycles. The molecule has 1 unspecified atom stereocenters. The summed E-state index contributed by atoms with van der Waals surface area (Å²) in [5.74, 6) is 1.15. The summed E-state index contributed by atoms with van der Waals surface area (Å²) in [6.07, 6.45) is 4.46. The first-order valence-corrected chi connectivity index (χ1v) is 6.95. The van der Waals surface area contributed by atoms with Gasteiger partial charge >= 0.3 is 0 Å². The van der Waals surface area contributed by atoms with E-state index in [9.17, 15) is 4.79 Å². The van der Waals surface area contributed by atoms with Gasteiger partial charge in [0, 0.05) is 32.6 Å². The fourth-order valence-electron chi connectivity index (χ4n) is 2.49. The highest BCUT2D eigenvalue weighted by Gasteiger charge is 2.28. The van der Waals surface area contributed by atoms with Crippen molar-refractivity contribution in [1.29, 1.82) is 0 Å². The summed E-state index contributed by atoms with van der Waals surface area (Å²) in [5, 5.41) is 11.2. The van der Waals surface area contributed by atoms with Crippen molar-refractivity contribution in [3.63, 3.8) is 0 Å². The van der Waals surface area contributed by atoms with Crippen molar-refractivity contribution < 1.29 is 4.79 Å². The number of piperidine rings is 1. The van der Waals surface area contributed by atoms with Gasteiger partial charge in [0.2, 0.25) is 5.91 Å². The predicted molar refractivity (Wildman–Crippen MR) is 72.6 cm³/mol. The molecule has 6 heteroatoms. The summed E-state index contributed by atoms with van der Waals surface area (Å²) < 4.78 is 1.90. The van der Waals surface area contributed by atoms with Crippen molar-refractivity contribution >= 4 is 5.91 Å². The minimum absolute atomic E-state index is 0.0201. The lowest BCUT2D eigenvalue weighted by molar-refractivity contribution is -0.136. The van der Waals surface area contributed by atoms with Crippen molar-refractivity contribution in [3.8, 4) is 0 Å². The lowest BCUT2D eigenvalue weighted by atomic mass is 10.0. The van der Waals surface area contributed by atoms with Crippen LogP contribution in [-0.4, -0.2) is 50.7 Å². The number of likely N-dealkylation sites (tertiary alicyclic amines) is 1. The Labute approximate surface area is 114 Å².